The van der Waals surface area contributed by atoms with Gasteiger partial charge in [0, 0.05) is 43.7 Å². The maximum absolute atomic E-state index is 12.1. The standard InChI is InChI=1S/C12H17N3OS/c16-11(10-2-1-3-10)14-5-7-15(8-6-14)12-13-4-9-17-12/h4,9-10H,1-3,5-8H2. The lowest BCUT2D eigenvalue weighted by atomic mass is 9.84. The molecule has 2 fully saturated rings. The van der Waals surface area contributed by atoms with Crippen molar-refractivity contribution >= 4 is 22.4 Å². The average molecular weight is 251 g/mol. The van der Waals surface area contributed by atoms with Crippen LogP contribution >= 0.6 is 11.3 Å². The van der Waals surface area contributed by atoms with Gasteiger partial charge < -0.3 is 9.80 Å². The normalized spacial score (nSPS) is 21.4. The van der Waals surface area contributed by atoms with Crippen molar-refractivity contribution in [1.29, 1.82) is 0 Å². The third kappa shape index (κ3) is 2.16. The third-order valence-corrected chi connectivity index (χ3v) is 4.57. The quantitative estimate of drug-likeness (QED) is 0.801. The van der Waals surface area contributed by atoms with Gasteiger partial charge in [0.25, 0.3) is 0 Å². The molecule has 17 heavy (non-hydrogen) atoms. The van der Waals surface area contributed by atoms with Crippen molar-refractivity contribution in [2.75, 3.05) is 31.1 Å². The predicted molar refractivity (Wildman–Crippen MR) is 68.2 cm³/mol. The fourth-order valence-corrected chi connectivity index (χ4v) is 3.10. The Kier molecular flexibility index (Phi) is 3.01. The average Bonchev–Trinajstić information content (AvgIpc) is 2.80. The summed E-state index contributed by atoms with van der Waals surface area (Å²) in [6, 6.07) is 0. The van der Waals surface area contributed by atoms with Gasteiger partial charge in [0.15, 0.2) is 5.13 Å². The third-order valence-electron chi connectivity index (χ3n) is 3.74. The summed E-state index contributed by atoms with van der Waals surface area (Å²) in [7, 11) is 0. The maximum atomic E-state index is 12.1. The number of amides is 1. The molecule has 2 aliphatic rings. The Hall–Kier alpha value is -1.10. The van der Waals surface area contributed by atoms with Crippen molar-refractivity contribution in [2.45, 2.75) is 19.3 Å². The van der Waals surface area contributed by atoms with Crippen molar-refractivity contribution in [3.05, 3.63) is 11.6 Å². The van der Waals surface area contributed by atoms with Crippen LogP contribution in [0.15, 0.2) is 11.6 Å². The number of hydrogen-bond donors (Lipinski definition) is 0. The molecule has 1 aliphatic carbocycles. The van der Waals surface area contributed by atoms with Crippen LogP contribution in [0.25, 0.3) is 0 Å². The highest BCUT2D eigenvalue weighted by Crippen LogP contribution is 2.29. The van der Waals surface area contributed by atoms with Gasteiger partial charge >= 0.3 is 0 Å². The smallest absolute Gasteiger partial charge is 0.225 e. The summed E-state index contributed by atoms with van der Waals surface area (Å²) in [6.45, 7) is 3.56. The number of aromatic nitrogens is 1. The topological polar surface area (TPSA) is 36.4 Å². The van der Waals surface area contributed by atoms with E-state index in [1.807, 2.05) is 16.5 Å². The minimum absolute atomic E-state index is 0.335. The molecule has 0 N–H and O–H groups in total. The molecule has 3 rings (SSSR count). The number of thiazole rings is 1. The highest BCUT2D eigenvalue weighted by atomic mass is 32.1. The van der Waals surface area contributed by atoms with E-state index in [4.69, 9.17) is 0 Å². The van der Waals surface area contributed by atoms with Gasteiger partial charge in [-0.05, 0) is 12.8 Å². The monoisotopic (exact) mass is 251 g/mol. The second kappa shape index (κ2) is 4.64. The minimum atomic E-state index is 0.335. The van der Waals surface area contributed by atoms with Crippen molar-refractivity contribution < 1.29 is 4.79 Å². The Morgan fingerprint density at radius 3 is 2.59 bits per heavy atom. The molecule has 5 heteroatoms. The SMILES string of the molecule is O=C(C1CCC1)N1CCN(c2nccs2)CC1. The Morgan fingerprint density at radius 1 is 1.29 bits per heavy atom. The zero-order valence-electron chi connectivity index (χ0n) is 9.84. The van der Waals surface area contributed by atoms with Gasteiger partial charge in [0.2, 0.25) is 5.91 Å². The summed E-state index contributed by atoms with van der Waals surface area (Å²) in [5.74, 6) is 0.719. The van der Waals surface area contributed by atoms with Gasteiger partial charge in [-0.15, -0.1) is 11.3 Å². The first-order chi connectivity index (χ1) is 8.34. The van der Waals surface area contributed by atoms with E-state index in [0.29, 0.717) is 11.8 Å². The van der Waals surface area contributed by atoms with Crippen LogP contribution in [0, 0.1) is 5.92 Å². The number of anilines is 1. The molecular formula is C12H17N3OS. The first-order valence-electron chi connectivity index (χ1n) is 6.28. The van der Waals surface area contributed by atoms with Crippen LogP contribution in [0.1, 0.15) is 19.3 Å². The van der Waals surface area contributed by atoms with E-state index in [-0.39, 0.29) is 0 Å². The fraction of sp³-hybridized carbons (Fsp3) is 0.667. The first-order valence-corrected chi connectivity index (χ1v) is 7.16. The molecule has 1 aromatic rings. The molecule has 4 nitrogen and oxygen atoms in total. The van der Waals surface area contributed by atoms with E-state index in [1.165, 1.54) is 6.42 Å². The van der Waals surface area contributed by atoms with E-state index < -0.39 is 0 Å². The molecule has 1 saturated heterocycles. The van der Waals surface area contributed by atoms with Crippen LogP contribution in [0.4, 0.5) is 5.13 Å². The van der Waals surface area contributed by atoms with E-state index >= 15 is 0 Å². The predicted octanol–water partition coefficient (Wildman–Crippen LogP) is 1.59. The lowest BCUT2D eigenvalue weighted by Crippen LogP contribution is -2.51. The highest BCUT2D eigenvalue weighted by molar-refractivity contribution is 7.13. The Bertz CT molecular complexity index is 380. The van der Waals surface area contributed by atoms with Crippen LogP contribution in [-0.2, 0) is 4.79 Å². The second-order valence-corrected chi connectivity index (χ2v) is 5.63. The molecule has 0 atom stereocenters. The van der Waals surface area contributed by atoms with E-state index in [2.05, 4.69) is 9.88 Å². The number of carbonyl (C=O) groups excluding carboxylic acids is 1. The van der Waals surface area contributed by atoms with E-state index in [9.17, 15) is 4.79 Å². The molecule has 1 aliphatic heterocycles. The van der Waals surface area contributed by atoms with Gasteiger partial charge in [-0.1, -0.05) is 6.42 Å². The maximum Gasteiger partial charge on any atom is 0.225 e. The summed E-state index contributed by atoms with van der Waals surface area (Å²) in [6.07, 6.45) is 5.28. The van der Waals surface area contributed by atoms with Crippen molar-refractivity contribution in [2.24, 2.45) is 5.92 Å². The molecule has 0 aromatic carbocycles. The molecule has 0 bridgehead atoms. The first kappa shape index (κ1) is 11.0. The molecule has 1 saturated carbocycles. The van der Waals surface area contributed by atoms with Gasteiger partial charge in [-0.25, -0.2) is 4.98 Å². The number of hydrogen-bond acceptors (Lipinski definition) is 4. The summed E-state index contributed by atoms with van der Waals surface area (Å²) < 4.78 is 0. The summed E-state index contributed by atoms with van der Waals surface area (Å²) in [5, 5.41) is 3.09. The van der Waals surface area contributed by atoms with Crippen LogP contribution in [0.5, 0.6) is 0 Å². The van der Waals surface area contributed by atoms with Crippen LogP contribution < -0.4 is 4.90 Å². The molecule has 0 radical (unpaired) electrons. The number of nitrogens with zero attached hydrogens (tertiary/aromatic N) is 3. The summed E-state index contributed by atoms with van der Waals surface area (Å²) in [4.78, 5) is 20.7. The molecule has 0 unspecified atom stereocenters. The van der Waals surface area contributed by atoms with Crippen LogP contribution in [0.2, 0.25) is 0 Å². The molecule has 1 aromatic heterocycles. The van der Waals surface area contributed by atoms with Crippen molar-refractivity contribution in [1.82, 2.24) is 9.88 Å². The molecule has 2 heterocycles. The minimum Gasteiger partial charge on any atom is -0.345 e. The Labute approximate surface area is 105 Å². The fourth-order valence-electron chi connectivity index (χ4n) is 2.40. The zero-order valence-corrected chi connectivity index (χ0v) is 10.7. The van der Waals surface area contributed by atoms with Crippen molar-refractivity contribution in [3.63, 3.8) is 0 Å². The summed E-state index contributed by atoms with van der Waals surface area (Å²) in [5.41, 5.74) is 0. The molecule has 1 amide bonds. The van der Waals surface area contributed by atoms with Crippen molar-refractivity contribution in [3.8, 4) is 0 Å². The lowest BCUT2D eigenvalue weighted by Gasteiger charge is -2.38. The lowest BCUT2D eigenvalue weighted by molar-refractivity contribution is -0.138. The van der Waals surface area contributed by atoms with Gasteiger partial charge in [-0.2, -0.15) is 0 Å². The largest absolute Gasteiger partial charge is 0.345 e. The van der Waals surface area contributed by atoms with E-state index in [0.717, 1.165) is 44.2 Å². The Morgan fingerprint density at radius 2 is 2.06 bits per heavy atom. The highest BCUT2D eigenvalue weighted by Gasteiger charge is 2.31. The van der Waals surface area contributed by atoms with Gasteiger partial charge in [-0.3, -0.25) is 4.79 Å². The molecular weight excluding hydrogens is 234 g/mol. The molecule has 92 valence electrons. The number of rotatable bonds is 2. The number of piperazine rings is 1. The molecule has 0 spiro atoms. The summed E-state index contributed by atoms with van der Waals surface area (Å²) >= 11 is 1.67. The number of carbonyl (C=O) groups is 1. The zero-order chi connectivity index (χ0) is 11.7. The van der Waals surface area contributed by atoms with Crippen LogP contribution in [0.3, 0.4) is 0 Å². The Balaban J connectivity index is 1.55. The van der Waals surface area contributed by atoms with E-state index in [1.54, 1.807) is 11.3 Å². The van der Waals surface area contributed by atoms with Gasteiger partial charge in [0.1, 0.15) is 0 Å². The second-order valence-electron chi connectivity index (χ2n) is 4.75. The van der Waals surface area contributed by atoms with Crippen LogP contribution in [-0.4, -0.2) is 42.0 Å². The van der Waals surface area contributed by atoms with Gasteiger partial charge in [0.05, 0.1) is 0 Å².